The van der Waals surface area contributed by atoms with Gasteiger partial charge in [-0.25, -0.2) is 18.7 Å². The Morgan fingerprint density at radius 3 is 2.51 bits per heavy atom. The van der Waals surface area contributed by atoms with Gasteiger partial charge >= 0.3 is 0 Å². The fourth-order valence-electron chi connectivity index (χ4n) is 5.45. The fourth-order valence-corrected chi connectivity index (χ4v) is 5.71. The molecule has 3 atom stereocenters. The second kappa shape index (κ2) is 11.3. The molecular formula is C29H23ClF3N5O3. The molecule has 0 bridgehead atoms. The SMILES string of the molecule is N#Cc1ccnc(N2C(=O)CC[C@H]2C(=O)C(c2ccnc(F)c2)C(C(=O)NC2CC(F)(F)C2)c2ccccc2Cl)c1. The average molecular weight is 582 g/mol. The minimum absolute atomic E-state index is 0.00753. The highest BCUT2D eigenvalue weighted by Gasteiger charge is 2.49. The molecule has 1 N–H and O–H groups in total. The fraction of sp³-hybridized carbons (Fsp3) is 0.310. The van der Waals surface area contributed by atoms with Gasteiger partial charge in [-0.3, -0.25) is 19.3 Å². The number of ketones is 1. The topological polar surface area (TPSA) is 116 Å². The molecular weight excluding hydrogens is 559 g/mol. The van der Waals surface area contributed by atoms with E-state index < -0.39 is 66.2 Å². The number of carbonyl (C=O) groups excluding carboxylic acids is 3. The number of nitriles is 1. The number of pyridine rings is 2. The molecule has 0 spiro atoms. The summed E-state index contributed by atoms with van der Waals surface area (Å²) in [7, 11) is 0. The van der Waals surface area contributed by atoms with Crippen molar-refractivity contribution in [3.8, 4) is 6.07 Å². The Balaban J connectivity index is 1.61. The van der Waals surface area contributed by atoms with E-state index in [0.717, 1.165) is 12.3 Å². The predicted molar refractivity (Wildman–Crippen MR) is 142 cm³/mol. The lowest BCUT2D eigenvalue weighted by molar-refractivity contribution is -0.134. The molecule has 1 aliphatic heterocycles. The standard InChI is InChI=1S/C29H23ClF3N5O3/c30-20-4-2-1-3-19(20)26(28(41)37-18-13-29(32,33)14-18)25(17-8-10-35-22(31)12-17)27(40)21-5-6-24(39)38(21)23-11-16(15-34)7-9-36-23/h1-4,7-12,18,21,25-26H,5-6,13-14H2,(H,37,41)/t21-,25?,26?/m0/s1. The van der Waals surface area contributed by atoms with Crippen molar-refractivity contribution in [1.82, 2.24) is 15.3 Å². The van der Waals surface area contributed by atoms with Crippen molar-refractivity contribution in [3.05, 3.63) is 88.6 Å². The first-order valence-electron chi connectivity index (χ1n) is 12.8. The number of nitrogens with one attached hydrogen (secondary N) is 1. The zero-order valence-electron chi connectivity index (χ0n) is 21.4. The van der Waals surface area contributed by atoms with E-state index in [2.05, 4.69) is 15.3 Å². The monoisotopic (exact) mass is 581 g/mol. The van der Waals surface area contributed by atoms with Crippen LogP contribution in [0.5, 0.6) is 0 Å². The number of halogens is 4. The number of hydrogen-bond donors (Lipinski definition) is 1. The maximum Gasteiger partial charge on any atom is 0.252 e. The van der Waals surface area contributed by atoms with Crippen LogP contribution in [0.4, 0.5) is 19.0 Å². The van der Waals surface area contributed by atoms with Gasteiger partial charge in [-0.2, -0.15) is 9.65 Å². The quantitative estimate of drug-likeness (QED) is 0.386. The van der Waals surface area contributed by atoms with Crippen LogP contribution < -0.4 is 10.2 Å². The maximum absolute atomic E-state index is 14.5. The maximum atomic E-state index is 14.5. The molecule has 5 rings (SSSR count). The van der Waals surface area contributed by atoms with Gasteiger partial charge in [0.05, 0.1) is 29.5 Å². The van der Waals surface area contributed by atoms with E-state index in [1.807, 2.05) is 6.07 Å². The summed E-state index contributed by atoms with van der Waals surface area (Å²) in [5, 5.41) is 12.1. The number of benzene rings is 1. The minimum atomic E-state index is -2.91. The number of alkyl halides is 2. The van der Waals surface area contributed by atoms with Gasteiger partial charge in [0.2, 0.25) is 17.8 Å². The molecule has 2 unspecified atom stereocenters. The highest BCUT2D eigenvalue weighted by molar-refractivity contribution is 6.31. The van der Waals surface area contributed by atoms with Gasteiger partial charge in [0.15, 0.2) is 5.78 Å². The normalized spacial score (nSPS) is 19.6. The van der Waals surface area contributed by atoms with Crippen LogP contribution in [0.3, 0.4) is 0 Å². The lowest BCUT2D eigenvalue weighted by Gasteiger charge is -2.37. The molecule has 210 valence electrons. The van der Waals surface area contributed by atoms with Crippen LogP contribution in [0, 0.1) is 17.3 Å². The van der Waals surface area contributed by atoms with E-state index in [4.69, 9.17) is 11.6 Å². The third-order valence-corrected chi connectivity index (χ3v) is 7.71. The molecule has 2 amide bonds. The number of Topliss-reactive ketones (excluding diaryl/α,β-unsaturated/α-hetero) is 1. The Hall–Kier alpha value is -4.30. The summed E-state index contributed by atoms with van der Waals surface area (Å²) >= 11 is 6.50. The van der Waals surface area contributed by atoms with Gasteiger partial charge in [-0.15, -0.1) is 0 Å². The van der Waals surface area contributed by atoms with E-state index >= 15 is 0 Å². The number of aromatic nitrogens is 2. The molecule has 3 aromatic rings. The summed E-state index contributed by atoms with van der Waals surface area (Å²) < 4.78 is 41.6. The Morgan fingerprint density at radius 1 is 1.10 bits per heavy atom. The van der Waals surface area contributed by atoms with Crippen molar-refractivity contribution in [1.29, 1.82) is 5.26 Å². The van der Waals surface area contributed by atoms with Crippen molar-refractivity contribution >= 4 is 35.0 Å². The van der Waals surface area contributed by atoms with Crippen molar-refractivity contribution in [2.75, 3.05) is 4.90 Å². The first-order valence-corrected chi connectivity index (χ1v) is 13.2. The number of hydrogen-bond acceptors (Lipinski definition) is 6. The van der Waals surface area contributed by atoms with Crippen LogP contribution in [0.15, 0.2) is 60.9 Å². The molecule has 2 aromatic heterocycles. The third-order valence-electron chi connectivity index (χ3n) is 7.37. The molecule has 8 nitrogen and oxygen atoms in total. The zero-order valence-corrected chi connectivity index (χ0v) is 22.2. The van der Waals surface area contributed by atoms with E-state index in [-0.39, 0.29) is 40.4 Å². The van der Waals surface area contributed by atoms with Gasteiger partial charge in [0.25, 0.3) is 5.92 Å². The molecule has 12 heteroatoms. The molecule has 1 saturated carbocycles. The molecule has 1 aromatic carbocycles. The second-order valence-corrected chi connectivity index (χ2v) is 10.5. The third kappa shape index (κ3) is 5.79. The summed E-state index contributed by atoms with van der Waals surface area (Å²) in [6.07, 6.45) is 1.45. The minimum Gasteiger partial charge on any atom is -0.352 e. The Bertz CT molecular complexity index is 1550. The highest BCUT2D eigenvalue weighted by Crippen LogP contribution is 2.42. The summed E-state index contributed by atoms with van der Waals surface area (Å²) in [4.78, 5) is 50.2. The molecule has 1 aliphatic carbocycles. The number of amides is 2. The zero-order chi connectivity index (χ0) is 29.3. The number of nitrogens with zero attached hydrogens (tertiary/aromatic N) is 4. The molecule has 0 radical (unpaired) electrons. The van der Waals surface area contributed by atoms with Gasteiger partial charge in [-0.1, -0.05) is 29.8 Å². The van der Waals surface area contributed by atoms with Crippen LogP contribution >= 0.6 is 11.6 Å². The lowest BCUT2D eigenvalue weighted by atomic mass is 9.75. The molecule has 2 fully saturated rings. The first kappa shape index (κ1) is 28.2. The first-order chi connectivity index (χ1) is 19.6. The van der Waals surface area contributed by atoms with Crippen LogP contribution in [0.1, 0.15) is 54.2 Å². The number of carbonyl (C=O) groups is 3. The van der Waals surface area contributed by atoms with Gasteiger partial charge in [-0.05, 0) is 47.9 Å². The van der Waals surface area contributed by atoms with Crippen molar-refractivity contribution in [3.63, 3.8) is 0 Å². The molecule has 2 aliphatic rings. The average Bonchev–Trinajstić information content (AvgIpc) is 3.32. The van der Waals surface area contributed by atoms with E-state index in [1.165, 1.54) is 41.4 Å². The van der Waals surface area contributed by atoms with Crippen LogP contribution in [0.2, 0.25) is 5.02 Å². The Morgan fingerprint density at radius 2 is 1.83 bits per heavy atom. The van der Waals surface area contributed by atoms with E-state index in [9.17, 15) is 32.8 Å². The molecule has 1 saturated heterocycles. The van der Waals surface area contributed by atoms with Crippen molar-refractivity contribution in [2.45, 2.75) is 55.5 Å². The number of rotatable bonds is 8. The smallest absolute Gasteiger partial charge is 0.252 e. The summed E-state index contributed by atoms with van der Waals surface area (Å²) in [5.41, 5.74) is 0.549. The van der Waals surface area contributed by atoms with Crippen LogP contribution in [-0.2, 0) is 14.4 Å². The van der Waals surface area contributed by atoms with E-state index in [0.29, 0.717) is 0 Å². The van der Waals surface area contributed by atoms with Crippen LogP contribution in [0.25, 0.3) is 0 Å². The largest absolute Gasteiger partial charge is 0.352 e. The van der Waals surface area contributed by atoms with Gasteiger partial charge in [0, 0.05) is 42.7 Å². The second-order valence-electron chi connectivity index (χ2n) is 10.1. The molecule has 41 heavy (non-hydrogen) atoms. The predicted octanol–water partition coefficient (Wildman–Crippen LogP) is 4.69. The van der Waals surface area contributed by atoms with E-state index in [1.54, 1.807) is 12.1 Å². The summed E-state index contributed by atoms with van der Waals surface area (Å²) in [6.45, 7) is 0. The summed E-state index contributed by atoms with van der Waals surface area (Å²) in [5.74, 6) is -8.23. The van der Waals surface area contributed by atoms with Gasteiger partial charge in [0.1, 0.15) is 5.82 Å². The van der Waals surface area contributed by atoms with Gasteiger partial charge < -0.3 is 5.32 Å². The lowest BCUT2D eigenvalue weighted by Crippen LogP contribution is -2.53. The highest BCUT2D eigenvalue weighted by atomic mass is 35.5. The van der Waals surface area contributed by atoms with Crippen molar-refractivity contribution < 1.29 is 27.6 Å². The molecule has 3 heterocycles. The van der Waals surface area contributed by atoms with Crippen LogP contribution in [-0.4, -0.2) is 45.6 Å². The number of anilines is 1. The van der Waals surface area contributed by atoms with Crippen molar-refractivity contribution in [2.24, 2.45) is 0 Å². The Kier molecular flexibility index (Phi) is 7.78. The Labute approximate surface area is 238 Å². The summed E-state index contributed by atoms with van der Waals surface area (Å²) in [6, 6.07) is 11.5.